The van der Waals surface area contributed by atoms with Crippen LogP contribution < -0.4 is 10.6 Å². The number of rotatable bonds is 5. The minimum atomic E-state index is -4.41. The van der Waals surface area contributed by atoms with Gasteiger partial charge in [-0.2, -0.15) is 26.3 Å². The summed E-state index contributed by atoms with van der Waals surface area (Å²) in [4.78, 5) is 0. The van der Waals surface area contributed by atoms with Crippen molar-refractivity contribution in [3.8, 4) is 0 Å². The van der Waals surface area contributed by atoms with E-state index in [1.807, 2.05) is 0 Å². The Bertz CT molecular complexity index is 974. The summed E-state index contributed by atoms with van der Waals surface area (Å²) in [6.07, 6.45) is -1.05. The Morgan fingerprint density at radius 2 is 1.27 bits per heavy atom. The predicted octanol–water partition coefficient (Wildman–Crippen LogP) is 6.45. The molecule has 1 aliphatic heterocycles. The lowest BCUT2D eigenvalue weighted by atomic mass is 9.90. The summed E-state index contributed by atoms with van der Waals surface area (Å²) in [6, 6.07) is 9.54. The van der Waals surface area contributed by atoms with Crippen LogP contribution in [-0.2, 0) is 12.4 Å². The van der Waals surface area contributed by atoms with Crippen LogP contribution in [0.3, 0.4) is 0 Å². The molecule has 0 saturated carbocycles. The second-order valence-electron chi connectivity index (χ2n) is 8.68. The maximum Gasteiger partial charge on any atom is 0.416 e. The maximum absolute atomic E-state index is 12.8. The Balaban J connectivity index is 1.78. The largest absolute Gasteiger partial charge is 0.416 e. The van der Waals surface area contributed by atoms with E-state index in [9.17, 15) is 26.3 Å². The Labute approximate surface area is 189 Å². The topological polar surface area (TPSA) is 24.1 Å². The molecule has 1 aliphatic rings. The number of halogens is 6. The van der Waals surface area contributed by atoms with Crippen LogP contribution in [0.2, 0.25) is 0 Å². The molecule has 0 atom stereocenters. The summed E-state index contributed by atoms with van der Waals surface area (Å²) in [7, 11) is 0. The zero-order chi connectivity index (χ0) is 24.3. The van der Waals surface area contributed by atoms with E-state index in [1.165, 1.54) is 24.3 Å². The lowest BCUT2D eigenvalue weighted by Gasteiger charge is -2.37. The van der Waals surface area contributed by atoms with Crippen molar-refractivity contribution in [1.82, 2.24) is 10.6 Å². The van der Waals surface area contributed by atoms with Gasteiger partial charge >= 0.3 is 12.4 Å². The predicted molar refractivity (Wildman–Crippen MR) is 117 cm³/mol. The highest BCUT2D eigenvalue weighted by Gasteiger charge is 2.31. The van der Waals surface area contributed by atoms with Crippen LogP contribution >= 0.6 is 0 Å². The molecule has 2 N–H and O–H groups in total. The van der Waals surface area contributed by atoms with E-state index in [1.54, 1.807) is 18.2 Å². The fourth-order valence-electron chi connectivity index (χ4n) is 3.28. The van der Waals surface area contributed by atoms with Crippen LogP contribution in [0.4, 0.5) is 26.3 Å². The minimum Gasteiger partial charge on any atom is -0.298 e. The van der Waals surface area contributed by atoms with Gasteiger partial charge in [-0.3, -0.25) is 10.6 Å². The van der Waals surface area contributed by atoms with Gasteiger partial charge in [0.25, 0.3) is 0 Å². The first-order valence-corrected chi connectivity index (χ1v) is 10.3. The summed E-state index contributed by atoms with van der Waals surface area (Å²) in [5.74, 6) is 0. The third kappa shape index (κ3) is 7.20. The molecule has 3 rings (SSSR count). The fourth-order valence-corrected chi connectivity index (χ4v) is 3.28. The molecule has 1 fully saturated rings. The van der Waals surface area contributed by atoms with Crippen molar-refractivity contribution < 1.29 is 26.3 Å². The van der Waals surface area contributed by atoms with Gasteiger partial charge in [-0.25, -0.2) is 0 Å². The van der Waals surface area contributed by atoms with E-state index in [0.717, 1.165) is 37.4 Å². The van der Waals surface area contributed by atoms with Gasteiger partial charge in [0.15, 0.2) is 0 Å². The van der Waals surface area contributed by atoms with Crippen molar-refractivity contribution >= 4 is 12.2 Å². The number of hydrogen-bond acceptors (Lipinski definition) is 2. The van der Waals surface area contributed by atoms with E-state index in [2.05, 4.69) is 30.9 Å². The van der Waals surface area contributed by atoms with Crippen molar-refractivity contribution in [2.24, 2.45) is 5.41 Å². The third-order valence-corrected chi connectivity index (χ3v) is 5.20. The fraction of sp³-hybridized carbons (Fsp3) is 0.320. The summed E-state index contributed by atoms with van der Waals surface area (Å²) >= 11 is 0. The SMILES string of the molecule is CC1(C)CNC(C([C]C=Cc2ccc(C(F)(F)F)cc2)=Cc2ccc(C(F)(F)F)cc2)NC1. The Morgan fingerprint density at radius 1 is 0.818 bits per heavy atom. The molecule has 0 amide bonds. The summed E-state index contributed by atoms with van der Waals surface area (Å²) in [6.45, 7) is 5.64. The lowest BCUT2D eigenvalue weighted by molar-refractivity contribution is -0.138. The van der Waals surface area contributed by atoms with Gasteiger partial charge in [-0.1, -0.05) is 56.3 Å². The van der Waals surface area contributed by atoms with E-state index in [-0.39, 0.29) is 11.6 Å². The van der Waals surface area contributed by atoms with Crippen LogP contribution in [0.1, 0.15) is 36.1 Å². The highest BCUT2D eigenvalue weighted by Crippen LogP contribution is 2.30. The molecular formula is C25H24F6N2. The van der Waals surface area contributed by atoms with Gasteiger partial charge in [0.1, 0.15) is 0 Å². The van der Waals surface area contributed by atoms with Gasteiger partial charge < -0.3 is 0 Å². The molecule has 176 valence electrons. The van der Waals surface area contributed by atoms with E-state index >= 15 is 0 Å². The molecule has 2 aromatic rings. The van der Waals surface area contributed by atoms with Gasteiger partial charge in [0.2, 0.25) is 0 Å². The summed E-state index contributed by atoms with van der Waals surface area (Å²) < 4.78 is 76.7. The molecule has 0 unspecified atom stereocenters. The molecule has 0 spiro atoms. The first kappa shape index (κ1) is 25.1. The minimum absolute atomic E-state index is 0.0338. The number of hydrogen-bond donors (Lipinski definition) is 2. The summed E-state index contributed by atoms with van der Waals surface area (Å²) in [5, 5.41) is 6.71. The molecule has 1 heterocycles. The molecule has 0 bridgehead atoms. The van der Waals surface area contributed by atoms with Crippen LogP contribution in [0.25, 0.3) is 12.2 Å². The van der Waals surface area contributed by atoms with Crippen molar-refractivity contribution in [3.05, 3.63) is 88.9 Å². The summed E-state index contributed by atoms with van der Waals surface area (Å²) in [5.41, 5.74) is 0.373. The zero-order valence-corrected chi connectivity index (χ0v) is 18.1. The van der Waals surface area contributed by atoms with Crippen LogP contribution in [-0.4, -0.2) is 19.3 Å². The second kappa shape index (κ2) is 9.73. The van der Waals surface area contributed by atoms with Gasteiger partial charge in [-0.05, 0) is 46.4 Å². The van der Waals surface area contributed by atoms with E-state index in [0.29, 0.717) is 16.7 Å². The molecule has 33 heavy (non-hydrogen) atoms. The Morgan fingerprint density at radius 3 is 1.73 bits per heavy atom. The van der Waals surface area contributed by atoms with Crippen LogP contribution in [0.5, 0.6) is 0 Å². The van der Waals surface area contributed by atoms with Crippen LogP contribution in [0, 0.1) is 11.8 Å². The zero-order valence-electron chi connectivity index (χ0n) is 18.1. The normalized spacial score (nSPS) is 18.1. The first-order valence-electron chi connectivity index (χ1n) is 10.3. The number of allylic oxidation sites excluding steroid dienone is 1. The van der Waals surface area contributed by atoms with Crippen molar-refractivity contribution in [2.45, 2.75) is 32.4 Å². The molecule has 2 radical (unpaired) electrons. The maximum atomic E-state index is 12.8. The molecule has 0 aliphatic carbocycles. The second-order valence-corrected chi connectivity index (χ2v) is 8.68. The highest BCUT2D eigenvalue weighted by molar-refractivity contribution is 5.60. The molecular weight excluding hydrogens is 442 g/mol. The average molecular weight is 466 g/mol. The monoisotopic (exact) mass is 466 g/mol. The molecule has 2 nitrogen and oxygen atoms in total. The average Bonchev–Trinajstić information content (AvgIpc) is 2.72. The standard InChI is InChI=1S/C25H24F6N2/c1-23(2)15-32-22(33-16-23)19(14-18-8-12-21(13-9-18)25(29,30)31)5-3-4-17-6-10-20(11-7-17)24(26,27)28/h3-4,6-14,22,32-33H,15-16H2,1-2H3. The molecule has 2 aromatic carbocycles. The Kier molecular flexibility index (Phi) is 7.39. The van der Waals surface area contributed by atoms with E-state index < -0.39 is 23.5 Å². The van der Waals surface area contributed by atoms with Gasteiger partial charge in [-0.15, -0.1) is 0 Å². The number of alkyl halides is 6. The van der Waals surface area contributed by atoms with Crippen molar-refractivity contribution in [2.75, 3.05) is 13.1 Å². The van der Waals surface area contributed by atoms with Gasteiger partial charge in [0.05, 0.1) is 17.3 Å². The smallest absolute Gasteiger partial charge is 0.298 e. The molecule has 1 saturated heterocycles. The van der Waals surface area contributed by atoms with Crippen LogP contribution in [0.15, 0.2) is 60.2 Å². The third-order valence-electron chi connectivity index (χ3n) is 5.20. The molecule has 0 aromatic heterocycles. The first-order chi connectivity index (χ1) is 15.3. The number of benzene rings is 2. The molecule has 8 heteroatoms. The lowest BCUT2D eigenvalue weighted by Crippen LogP contribution is -2.56. The van der Waals surface area contributed by atoms with Crippen molar-refractivity contribution in [1.29, 1.82) is 0 Å². The Hall–Kier alpha value is -2.58. The van der Waals surface area contributed by atoms with Gasteiger partial charge in [0, 0.05) is 19.5 Å². The quantitative estimate of drug-likeness (QED) is 0.495. The van der Waals surface area contributed by atoms with Crippen molar-refractivity contribution in [3.63, 3.8) is 0 Å². The highest BCUT2D eigenvalue weighted by atomic mass is 19.4. The number of nitrogens with one attached hydrogen (secondary N) is 2. The van der Waals surface area contributed by atoms with E-state index in [4.69, 9.17) is 0 Å².